The van der Waals surface area contributed by atoms with Crippen molar-refractivity contribution < 1.29 is 24.2 Å². The van der Waals surface area contributed by atoms with Gasteiger partial charge in [-0.05, 0) is 20.3 Å². The highest BCUT2D eigenvalue weighted by Gasteiger charge is 2.36. The second-order valence-electron chi connectivity index (χ2n) is 4.75. The summed E-state index contributed by atoms with van der Waals surface area (Å²) >= 11 is 0. The topological polar surface area (TPSA) is 76.1 Å². The molecule has 1 rings (SSSR count). The first-order valence-electron chi connectivity index (χ1n) is 6.09. The molecule has 0 aromatic carbocycles. The van der Waals surface area contributed by atoms with Crippen molar-refractivity contribution in [2.24, 2.45) is 0 Å². The third-order valence-corrected chi connectivity index (χ3v) is 2.98. The fourth-order valence-corrected chi connectivity index (χ4v) is 2.07. The van der Waals surface area contributed by atoms with E-state index in [-0.39, 0.29) is 37.2 Å². The summed E-state index contributed by atoms with van der Waals surface area (Å²) in [6.07, 6.45) is 0.411. The summed E-state index contributed by atoms with van der Waals surface area (Å²) < 4.78 is 10.5. The van der Waals surface area contributed by atoms with E-state index in [1.165, 1.54) is 0 Å². The summed E-state index contributed by atoms with van der Waals surface area (Å²) in [5.41, 5.74) is 0. The van der Waals surface area contributed by atoms with Crippen molar-refractivity contribution in [3.8, 4) is 0 Å². The van der Waals surface area contributed by atoms with Crippen LogP contribution in [0.15, 0.2) is 0 Å². The van der Waals surface area contributed by atoms with Gasteiger partial charge in [0.2, 0.25) is 5.91 Å². The molecule has 0 radical (unpaired) electrons. The van der Waals surface area contributed by atoms with Crippen LogP contribution in [0.3, 0.4) is 0 Å². The van der Waals surface area contributed by atoms with Crippen LogP contribution in [0, 0.1) is 0 Å². The van der Waals surface area contributed by atoms with Gasteiger partial charge < -0.3 is 19.5 Å². The summed E-state index contributed by atoms with van der Waals surface area (Å²) in [7, 11) is 1.57. The first-order chi connectivity index (χ1) is 8.43. The molecular weight excluding hydrogens is 238 g/mol. The number of amides is 1. The molecule has 1 saturated heterocycles. The van der Waals surface area contributed by atoms with E-state index in [0.717, 1.165) is 0 Å². The molecule has 2 atom stereocenters. The Morgan fingerprint density at radius 1 is 1.44 bits per heavy atom. The van der Waals surface area contributed by atoms with Crippen LogP contribution in [0.4, 0.5) is 0 Å². The fourth-order valence-electron chi connectivity index (χ4n) is 2.07. The number of hydrogen-bond donors (Lipinski definition) is 1. The van der Waals surface area contributed by atoms with E-state index in [2.05, 4.69) is 0 Å². The molecule has 1 aliphatic heterocycles. The van der Waals surface area contributed by atoms with Gasteiger partial charge in [0.25, 0.3) is 0 Å². The largest absolute Gasteiger partial charge is 0.481 e. The van der Waals surface area contributed by atoms with Crippen molar-refractivity contribution in [3.63, 3.8) is 0 Å². The van der Waals surface area contributed by atoms with Crippen molar-refractivity contribution in [2.45, 2.75) is 44.9 Å². The molecule has 18 heavy (non-hydrogen) atoms. The molecule has 1 aliphatic rings. The van der Waals surface area contributed by atoms with E-state index in [4.69, 9.17) is 14.6 Å². The summed E-state index contributed by atoms with van der Waals surface area (Å²) in [5, 5.41) is 8.84. The number of methoxy groups -OCH3 is 1. The molecule has 104 valence electrons. The Morgan fingerprint density at radius 3 is 2.61 bits per heavy atom. The van der Waals surface area contributed by atoms with Crippen LogP contribution in [0.25, 0.3) is 0 Å². The number of aliphatic carboxylic acids is 1. The highest BCUT2D eigenvalue weighted by molar-refractivity contribution is 5.79. The Morgan fingerprint density at radius 2 is 2.11 bits per heavy atom. The van der Waals surface area contributed by atoms with Crippen LogP contribution >= 0.6 is 0 Å². The van der Waals surface area contributed by atoms with Crippen molar-refractivity contribution >= 4 is 11.9 Å². The van der Waals surface area contributed by atoms with Crippen LogP contribution in [0.1, 0.15) is 26.7 Å². The Hall–Kier alpha value is -1.14. The summed E-state index contributed by atoms with van der Waals surface area (Å²) in [5.74, 6) is -1.08. The number of carboxylic acid groups (broad SMARTS) is 1. The molecule has 0 saturated carbocycles. The van der Waals surface area contributed by atoms with Gasteiger partial charge in [-0.25, -0.2) is 0 Å². The monoisotopic (exact) mass is 259 g/mol. The molecule has 2 unspecified atom stereocenters. The third-order valence-electron chi connectivity index (χ3n) is 2.98. The van der Waals surface area contributed by atoms with E-state index >= 15 is 0 Å². The SMILES string of the molecule is COC1CC(CC(=O)O)N(C(=O)COC(C)C)C1. The molecule has 1 heterocycles. The zero-order chi connectivity index (χ0) is 13.7. The lowest BCUT2D eigenvalue weighted by Crippen LogP contribution is -2.40. The Kier molecular flexibility index (Phi) is 5.55. The summed E-state index contributed by atoms with van der Waals surface area (Å²) in [6.45, 7) is 4.13. The molecule has 1 fully saturated rings. The molecule has 0 aromatic rings. The maximum atomic E-state index is 12.0. The molecule has 6 heteroatoms. The number of hydrogen-bond acceptors (Lipinski definition) is 4. The van der Waals surface area contributed by atoms with Gasteiger partial charge in [0.1, 0.15) is 6.61 Å². The number of carbonyl (C=O) groups excluding carboxylic acids is 1. The van der Waals surface area contributed by atoms with Gasteiger partial charge in [0, 0.05) is 19.7 Å². The molecule has 6 nitrogen and oxygen atoms in total. The zero-order valence-corrected chi connectivity index (χ0v) is 11.1. The van der Waals surface area contributed by atoms with Crippen LogP contribution in [-0.4, -0.2) is 60.4 Å². The lowest BCUT2D eigenvalue weighted by molar-refractivity contribution is -0.142. The zero-order valence-electron chi connectivity index (χ0n) is 11.1. The molecule has 0 spiro atoms. The molecule has 1 amide bonds. The van der Waals surface area contributed by atoms with E-state index in [1.54, 1.807) is 12.0 Å². The van der Waals surface area contributed by atoms with Crippen molar-refractivity contribution in [1.29, 1.82) is 0 Å². The average Bonchev–Trinajstić information content (AvgIpc) is 2.68. The van der Waals surface area contributed by atoms with Crippen molar-refractivity contribution in [3.05, 3.63) is 0 Å². The number of ether oxygens (including phenoxy) is 2. The smallest absolute Gasteiger partial charge is 0.305 e. The van der Waals surface area contributed by atoms with Gasteiger partial charge in [-0.1, -0.05) is 0 Å². The first-order valence-corrected chi connectivity index (χ1v) is 6.09. The normalized spacial score (nSPS) is 23.7. The Bertz CT molecular complexity index is 305. The van der Waals surface area contributed by atoms with Crippen LogP contribution < -0.4 is 0 Å². The number of carbonyl (C=O) groups is 2. The predicted molar refractivity (Wildman–Crippen MR) is 64.3 cm³/mol. The maximum Gasteiger partial charge on any atom is 0.305 e. The van der Waals surface area contributed by atoms with Gasteiger partial charge in [0.15, 0.2) is 0 Å². The van der Waals surface area contributed by atoms with E-state index in [0.29, 0.717) is 13.0 Å². The summed E-state index contributed by atoms with van der Waals surface area (Å²) in [6, 6.07) is -0.296. The quantitative estimate of drug-likeness (QED) is 0.751. The predicted octanol–water partition coefficient (Wildman–Crippen LogP) is 0.502. The minimum atomic E-state index is -0.903. The van der Waals surface area contributed by atoms with Gasteiger partial charge in [-0.3, -0.25) is 9.59 Å². The lowest BCUT2D eigenvalue weighted by atomic mass is 10.1. The molecule has 0 aliphatic carbocycles. The van der Waals surface area contributed by atoms with Gasteiger partial charge in [-0.15, -0.1) is 0 Å². The first kappa shape index (κ1) is 14.9. The second kappa shape index (κ2) is 6.70. The van der Waals surface area contributed by atoms with Crippen LogP contribution in [-0.2, 0) is 19.1 Å². The molecule has 0 bridgehead atoms. The van der Waals surface area contributed by atoms with E-state index in [9.17, 15) is 9.59 Å². The molecule has 0 aromatic heterocycles. The maximum absolute atomic E-state index is 12.0. The molecular formula is C12H21NO5. The van der Waals surface area contributed by atoms with Crippen LogP contribution in [0.5, 0.6) is 0 Å². The lowest BCUT2D eigenvalue weighted by Gasteiger charge is -2.23. The van der Waals surface area contributed by atoms with Crippen LogP contribution in [0.2, 0.25) is 0 Å². The number of likely N-dealkylation sites (tertiary alicyclic amines) is 1. The molecule has 1 N–H and O–H groups in total. The highest BCUT2D eigenvalue weighted by Crippen LogP contribution is 2.22. The van der Waals surface area contributed by atoms with E-state index in [1.807, 2.05) is 13.8 Å². The van der Waals surface area contributed by atoms with Crippen molar-refractivity contribution in [2.75, 3.05) is 20.3 Å². The summed E-state index contributed by atoms with van der Waals surface area (Å²) in [4.78, 5) is 24.3. The van der Waals surface area contributed by atoms with Gasteiger partial charge >= 0.3 is 5.97 Å². The Balaban J connectivity index is 2.58. The standard InChI is InChI=1S/C12H21NO5/c1-8(2)18-7-11(14)13-6-10(17-3)4-9(13)5-12(15)16/h8-10H,4-7H2,1-3H3,(H,15,16). The highest BCUT2D eigenvalue weighted by atomic mass is 16.5. The fraction of sp³-hybridized carbons (Fsp3) is 0.833. The number of carboxylic acids is 1. The minimum Gasteiger partial charge on any atom is -0.481 e. The minimum absolute atomic E-state index is 0.00970. The van der Waals surface area contributed by atoms with Crippen molar-refractivity contribution in [1.82, 2.24) is 4.90 Å². The third kappa shape index (κ3) is 4.27. The Labute approximate surface area is 107 Å². The van der Waals surface area contributed by atoms with Gasteiger partial charge in [-0.2, -0.15) is 0 Å². The average molecular weight is 259 g/mol. The van der Waals surface area contributed by atoms with E-state index < -0.39 is 5.97 Å². The number of rotatable bonds is 6. The van der Waals surface area contributed by atoms with Gasteiger partial charge in [0.05, 0.1) is 18.6 Å². The second-order valence-corrected chi connectivity index (χ2v) is 4.75. The number of nitrogens with zero attached hydrogens (tertiary/aromatic N) is 1.